The Balaban J connectivity index is 1.95. The van der Waals surface area contributed by atoms with Crippen LogP contribution < -0.4 is 4.74 Å². The third-order valence-electron chi connectivity index (χ3n) is 6.05. The molecule has 1 atom stereocenters. The van der Waals surface area contributed by atoms with Crippen LogP contribution in [0.15, 0.2) is 47.5 Å². The molecule has 1 aromatic carbocycles. The molecule has 0 saturated carbocycles. The maximum atomic E-state index is 12.1. The standard InChI is InChI=1S/C30H41NO6S/c1-3-4-5-6-7-8-9-10-11-14-22-37-26-20-21-27(31-25(26)18-15-19-28(32)33)38-30(35)24-17-13-12-16-23(24)29(34)36-2/h12-13,15-18,20-21,30,35H,3-11,14,19,22H2,1-2H3,(H,32,33). The molecule has 2 rings (SSSR count). The van der Waals surface area contributed by atoms with E-state index in [4.69, 9.17) is 14.6 Å². The molecule has 2 N–H and O–H groups in total. The molecule has 0 radical (unpaired) electrons. The van der Waals surface area contributed by atoms with E-state index in [1.807, 2.05) is 0 Å². The van der Waals surface area contributed by atoms with Crippen LogP contribution in [0.5, 0.6) is 5.75 Å². The quantitative estimate of drug-likeness (QED) is 0.0815. The van der Waals surface area contributed by atoms with Gasteiger partial charge >= 0.3 is 11.9 Å². The zero-order valence-corrected chi connectivity index (χ0v) is 23.4. The number of thioether (sulfide) groups is 1. The number of aliphatic carboxylic acids is 1. The van der Waals surface area contributed by atoms with Crippen LogP contribution in [0, 0.1) is 0 Å². The number of aliphatic hydroxyl groups excluding tert-OH is 1. The average molecular weight is 544 g/mol. The third kappa shape index (κ3) is 11.7. The number of aliphatic hydroxyl groups is 1. The van der Waals surface area contributed by atoms with Crippen molar-refractivity contribution in [3.05, 3.63) is 59.3 Å². The summed E-state index contributed by atoms with van der Waals surface area (Å²) in [5.74, 6) is -0.896. The molecule has 0 fully saturated rings. The summed E-state index contributed by atoms with van der Waals surface area (Å²) in [7, 11) is 1.30. The molecule has 0 bridgehead atoms. The number of hydrogen-bond donors (Lipinski definition) is 2. The molecule has 0 aliphatic rings. The smallest absolute Gasteiger partial charge is 0.338 e. The van der Waals surface area contributed by atoms with Gasteiger partial charge in [-0.2, -0.15) is 0 Å². The Morgan fingerprint density at radius 2 is 1.63 bits per heavy atom. The number of pyridine rings is 1. The Morgan fingerprint density at radius 3 is 2.29 bits per heavy atom. The summed E-state index contributed by atoms with van der Waals surface area (Å²) >= 11 is 1.08. The molecule has 0 aliphatic carbocycles. The lowest BCUT2D eigenvalue weighted by molar-refractivity contribution is -0.135. The summed E-state index contributed by atoms with van der Waals surface area (Å²) in [6, 6.07) is 10.2. The van der Waals surface area contributed by atoms with E-state index in [2.05, 4.69) is 11.9 Å². The second kappa shape index (κ2) is 18.4. The summed E-state index contributed by atoms with van der Waals surface area (Å²) in [5, 5.41) is 20.3. The predicted octanol–water partition coefficient (Wildman–Crippen LogP) is 7.44. The first kappa shape index (κ1) is 31.4. The van der Waals surface area contributed by atoms with Crippen molar-refractivity contribution in [1.29, 1.82) is 0 Å². The molecule has 7 nitrogen and oxygen atoms in total. The highest BCUT2D eigenvalue weighted by atomic mass is 32.2. The van der Waals surface area contributed by atoms with E-state index < -0.39 is 17.4 Å². The second-order valence-electron chi connectivity index (χ2n) is 9.11. The van der Waals surface area contributed by atoms with E-state index in [9.17, 15) is 14.7 Å². The number of ether oxygens (including phenoxy) is 2. The van der Waals surface area contributed by atoms with Gasteiger partial charge in [-0.1, -0.05) is 101 Å². The van der Waals surface area contributed by atoms with Gasteiger partial charge in [0.2, 0.25) is 0 Å². The number of carboxylic acids is 1. The lowest BCUT2D eigenvalue weighted by Gasteiger charge is -2.15. The Kier molecular flexibility index (Phi) is 15.2. The largest absolute Gasteiger partial charge is 0.491 e. The number of rotatable bonds is 19. The van der Waals surface area contributed by atoms with Crippen LogP contribution in [-0.4, -0.2) is 40.9 Å². The highest BCUT2D eigenvalue weighted by molar-refractivity contribution is 7.99. The van der Waals surface area contributed by atoms with Crippen molar-refractivity contribution in [3.8, 4) is 5.75 Å². The third-order valence-corrected chi connectivity index (χ3v) is 6.99. The van der Waals surface area contributed by atoms with E-state index in [0.29, 0.717) is 28.6 Å². The zero-order valence-electron chi connectivity index (χ0n) is 22.6. The summed E-state index contributed by atoms with van der Waals surface area (Å²) in [6.45, 7) is 2.79. The molecule has 0 spiro atoms. The zero-order chi connectivity index (χ0) is 27.6. The number of carboxylic acid groups (broad SMARTS) is 1. The number of methoxy groups -OCH3 is 1. The van der Waals surface area contributed by atoms with E-state index in [-0.39, 0.29) is 12.0 Å². The summed E-state index contributed by atoms with van der Waals surface area (Å²) < 4.78 is 10.8. The Labute approximate surface area is 230 Å². The summed E-state index contributed by atoms with van der Waals surface area (Å²) in [4.78, 5) is 27.6. The van der Waals surface area contributed by atoms with Crippen molar-refractivity contribution in [2.75, 3.05) is 13.7 Å². The maximum Gasteiger partial charge on any atom is 0.338 e. The molecule has 1 heterocycles. The fourth-order valence-corrected chi connectivity index (χ4v) is 4.84. The van der Waals surface area contributed by atoms with Gasteiger partial charge in [0.15, 0.2) is 0 Å². The maximum absolute atomic E-state index is 12.1. The van der Waals surface area contributed by atoms with Gasteiger partial charge in [-0.05, 0) is 30.7 Å². The van der Waals surface area contributed by atoms with Crippen LogP contribution in [0.4, 0.5) is 0 Å². The molecule has 0 aliphatic heterocycles. The van der Waals surface area contributed by atoms with Gasteiger partial charge in [-0.15, -0.1) is 0 Å². The topological polar surface area (TPSA) is 106 Å². The fourth-order valence-electron chi connectivity index (χ4n) is 3.98. The van der Waals surface area contributed by atoms with Crippen molar-refractivity contribution < 1.29 is 29.3 Å². The summed E-state index contributed by atoms with van der Waals surface area (Å²) in [6.07, 6.45) is 15.4. The SMILES string of the molecule is CCCCCCCCCCCCOc1ccc(SC(O)c2ccccc2C(=O)OC)nc1C=CCC(=O)O. The van der Waals surface area contributed by atoms with E-state index in [1.54, 1.807) is 42.5 Å². The second-order valence-corrected chi connectivity index (χ2v) is 10.2. The lowest BCUT2D eigenvalue weighted by atomic mass is 10.1. The highest BCUT2D eigenvalue weighted by Crippen LogP contribution is 2.35. The molecule has 208 valence electrons. The number of aromatic nitrogens is 1. The normalized spacial score (nSPS) is 12.0. The van der Waals surface area contributed by atoms with Crippen LogP contribution in [0.25, 0.3) is 6.08 Å². The van der Waals surface area contributed by atoms with Gasteiger partial charge in [-0.3, -0.25) is 4.79 Å². The van der Waals surface area contributed by atoms with E-state index in [0.717, 1.165) is 24.6 Å². The number of nitrogens with zero attached hydrogens (tertiary/aromatic N) is 1. The van der Waals surface area contributed by atoms with Crippen molar-refractivity contribution >= 4 is 29.8 Å². The minimum atomic E-state index is -1.05. The van der Waals surface area contributed by atoms with Crippen molar-refractivity contribution in [3.63, 3.8) is 0 Å². The minimum Gasteiger partial charge on any atom is -0.491 e. The van der Waals surface area contributed by atoms with Gasteiger partial charge in [0.25, 0.3) is 0 Å². The van der Waals surface area contributed by atoms with Crippen LogP contribution in [-0.2, 0) is 9.53 Å². The first-order valence-electron chi connectivity index (χ1n) is 13.5. The van der Waals surface area contributed by atoms with Gasteiger partial charge in [0, 0.05) is 5.56 Å². The van der Waals surface area contributed by atoms with Gasteiger partial charge in [0.05, 0.1) is 30.7 Å². The van der Waals surface area contributed by atoms with Gasteiger partial charge in [-0.25, -0.2) is 9.78 Å². The lowest BCUT2D eigenvalue weighted by Crippen LogP contribution is -2.08. The van der Waals surface area contributed by atoms with Crippen molar-refractivity contribution in [2.45, 2.75) is 88.0 Å². The Hall–Kier alpha value is -2.84. The Bertz CT molecular complexity index is 1030. The number of benzene rings is 1. The van der Waals surface area contributed by atoms with Crippen molar-refractivity contribution in [2.24, 2.45) is 0 Å². The molecule has 0 amide bonds. The summed E-state index contributed by atoms with van der Waals surface area (Å²) in [5.41, 5.74) is 0.160. The number of carbonyl (C=O) groups excluding carboxylic acids is 1. The fraction of sp³-hybridized carbons (Fsp3) is 0.500. The number of carbonyl (C=O) groups is 2. The van der Waals surface area contributed by atoms with Crippen molar-refractivity contribution in [1.82, 2.24) is 4.98 Å². The van der Waals surface area contributed by atoms with Crippen LogP contribution in [0.3, 0.4) is 0 Å². The minimum absolute atomic E-state index is 0.133. The number of hydrogen-bond acceptors (Lipinski definition) is 7. The average Bonchev–Trinajstić information content (AvgIpc) is 2.92. The van der Waals surface area contributed by atoms with E-state index in [1.165, 1.54) is 64.6 Å². The predicted molar refractivity (Wildman–Crippen MR) is 151 cm³/mol. The number of unbranched alkanes of at least 4 members (excludes halogenated alkanes) is 9. The first-order valence-corrected chi connectivity index (χ1v) is 14.4. The van der Waals surface area contributed by atoms with Crippen LogP contribution in [0.2, 0.25) is 0 Å². The molecular weight excluding hydrogens is 502 g/mol. The number of esters is 1. The molecule has 8 heteroatoms. The monoisotopic (exact) mass is 543 g/mol. The molecule has 38 heavy (non-hydrogen) atoms. The van der Waals surface area contributed by atoms with Crippen LogP contribution >= 0.6 is 11.8 Å². The molecule has 2 aromatic rings. The molecule has 1 unspecified atom stereocenters. The molecule has 0 saturated heterocycles. The first-order chi connectivity index (χ1) is 18.5. The van der Waals surface area contributed by atoms with E-state index >= 15 is 0 Å². The molecule has 1 aromatic heterocycles. The van der Waals surface area contributed by atoms with Gasteiger partial charge < -0.3 is 19.7 Å². The highest BCUT2D eigenvalue weighted by Gasteiger charge is 2.19. The Morgan fingerprint density at radius 1 is 0.974 bits per heavy atom. The molecular formula is C30H41NO6S. The van der Waals surface area contributed by atoms with Gasteiger partial charge in [0.1, 0.15) is 16.9 Å². The van der Waals surface area contributed by atoms with Crippen LogP contribution in [0.1, 0.15) is 105 Å².